The highest BCUT2D eigenvalue weighted by molar-refractivity contribution is 5.71. The fourth-order valence-electron chi connectivity index (χ4n) is 1.07. The van der Waals surface area contributed by atoms with E-state index in [0.717, 1.165) is 12.8 Å². The Kier molecular flexibility index (Phi) is 5.44. The lowest BCUT2D eigenvalue weighted by molar-refractivity contribution is -0.145. The van der Waals surface area contributed by atoms with Gasteiger partial charge in [-0.2, -0.15) is 0 Å². The molecule has 0 aromatic rings. The zero-order chi connectivity index (χ0) is 10.4. The van der Waals surface area contributed by atoms with Gasteiger partial charge >= 0.3 is 5.97 Å². The quantitative estimate of drug-likeness (QED) is 0.485. The summed E-state index contributed by atoms with van der Waals surface area (Å²) in [6, 6.07) is 0. The van der Waals surface area contributed by atoms with Gasteiger partial charge in [0.15, 0.2) is 0 Å². The van der Waals surface area contributed by atoms with Crippen molar-refractivity contribution in [3.05, 3.63) is 12.2 Å². The van der Waals surface area contributed by atoms with Crippen LogP contribution in [-0.4, -0.2) is 13.1 Å². The third-order valence-electron chi connectivity index (χ3n) is 2.48. The van der Waals surface area contributed by atoms with Gasteiger partial charge in [-0.1, -0.05) is 26.0 Å². The topological polar surface area (TPSA) is 26.3 Å². The van der Waals surface area contributed by atoms with Crippen molar-refractivity contribution >= 4 is 5.97 Å². The minimum Gasteiger partial charge on any atom is -0.469 e. The summed E-state index contributed by atoms with van der Waals surface area (Å²) in [6.07, 6.45) is 1.88. The van der Waals surface area contributed by atoms with Crippen molar-refractivity contribution in [3.63, 3.8) is 0 Å². The molecule has 2 unspecified atom stereocenters. The molecule has 0 aromatic heterocycles. The van der Waals surface area contributed by atoms with Crippen LogP contribution >= 0.6 is 0 Å². The Balaban J connectivity index is 3.76. The van der Waals surface area contributed by atoms with E-state index in [9.17, 15) is 4.79 Å². The Morgan fingerprint density at radius 1 is 1.31 bits per heavy atom. The van der Waals surface area contributed by atoms with E-state index < -0.39 is 0 Å². The molecular weight excluding hydrogens is 164 g/mol. The van der Waals surface area contributed by atoms with Crippen LogP contribution in [0.3, 0.4) is 0 Å². The number of hydrogen-bond acceptors (Lipinski definition) is 2. The van der Waals surface area contributed by atoms with Crippen LogP contribution in [0.25, 0.3) is 0 Å². The lowest BCUT2D eigenvalue weighted by Gasteiger charge is -2.13. The van der Waals surface area contributed by atoms with Gasteiger partial charge in [-0.05, 0) is 25.7 Å². The van der Waals surface area contributed by atoms with Crippen molar-refractivity contribution < 1.29 is 9.53 Å². The maximum Gasteiger partial charge on any atom is 0.308 e. The molecule has 76 valence electrons. The minimum atomic E-state index is -0.117. The lowest BCUT2D eigenvalue weighted by atomic mass is 9.94. The van der Waals surface area contributed by atoms with Crippen LogP contribution in [0.4, 0.5) is 0 Å². The number of hydrogen-bond donors (Lipinski definition) is 0. The van der Waals surface area contributed by atoms with Crippen molar-refractivity contribution in [2.45, 2.75) is 33.6 Å². The maximum absolute atomic E-state index is 11.0. The van der Waals surface area contributed by atoms with E-state index in [1.165, 1.54) is 12.7 Å². The first-order valence-electron chi connectivity index (χ1n) is 4.72. The Labute approximate surface area is 81.0 Å². The molecule has 2 atom stereocenters. The highest BCUT2D eigenvalue weighted by atomic mass is 16.5. The first-order chi connectivity index (χ1) is 5.99. The molecule has 0 amide bonds. The first kappa shape index (κ1) is 12.2. The second-order valence-electron chi connectivity index (χ2n) is 3.75. The molecule has 0 aromatic carbocycles. The van der Waals surface area contributed by atoms with E-state index in [4.69, 9.17) is 0 Å². The summed E-state index contributed by atoms with van der Waals surface area (Å²) in [6.45, 7) is 9.93. The highest BCUT2D eigenvalue weighted by Gasteiger charge is 2.14. The van der Waals surface area contributed by atoms with Gasteiger partial charge in [0.1, 0.15) is 0 Å². The monoisotopic (exact) mass is 184 g/mol. The number of rotatable bonds is 5. The fraction of sp³-hybridized carbons (Fsp3) is 0.727. The lowest BCUT2D eigenvalue weighted by Crippen LogP contribution is -2.13. The van der Waals surface area contributed by atoms with Gasteiger partial charge in [-0.15, -0.1) is 0 Å². The van der Waals surface area contributed by atoms with Crippen LogP contribution in [0.2, 0.25) is 0 Å². The number of ether oxygens (including phenoxy) is 1. The van der Waals surface area contributed by atoms with E-state index in [-0.39, 0.29) is 11.9 Å². The number of carbonyl (C=O) groups is 1. The Bertz CT molecular complexity index is 185. The summed E-state index contributed by atoms with van der Waals surface area (Å²) in [4.78, 5) is 11.0. The summed E-state index contributed by atoms with van der Waals surface area (Å²) in [7, 11) is 1.43. The molecule has 13 heavy (non-hydrogen) atoms. The van der Waals surface area contributed by atoms with Gasteiger partial charge < -0.3 is 4.74 Å². The van der Waals surface area contributed by atoms with Gasteiger partial charge in [0.05, 0.1) is 13.0 Å². The zero-order valence-electron chi connectivity index (χ0n) is 9.09. The van der Waals surface area contributed by atoms with E-state index >= 15 is 0 Å². The van der Waals surface area contributed by atoms with Gasteiger partial charge in [-0.25, -0.2) is 0 Å². The van der Waals surface area contributed by atoms with Crippen molar-refractivity contribution in [1.29, 1.82) is 0 Å². The third-order valence-corrected chi connectivity index (χ3v) is 2.48. The Hall–Kier alpha value is -0.790. The van der Waals surface area contributed by atoms with E-state index in [0.29, 0.717) is 5.92 Å². The maximum atomic E-state index is 11.0. The number of carbonyl (C=O) groups excluding carboxylic acids is 1. The van der Waals surface area contributed by atoms with E-state index in [1.807, 2.05) is 13.8 Å². The molecule has 0 aliphatic heterocycles. The summed E-state index contributed by atoms with van der Waals surface area (Å²) in [5.74, 6) is 0.382. The SMILES string of the molecule is C=C(C)C(C)CCC(C)C(=O)OC. The van der Waals surface area contributed by atoms with E-state index in [1.54, 1.807) is 0 Å². The molecule has 0 spiro atoms. The predicted octanol–water partition coefficient (Wildman–Crippen LogP) is 2.79. The average molecular weight is 184 g/mol. The summed E-state index contributed by atoms with van der Waals surface area (Å²) < 4.78 is 4.64. The second-order valence-corrected chi connectivity index (χ2v) is 3.75. The molecule has 2 heteroatoms. The number of esters is 1. The standard InChI is InChI=1S/C11H20O2/c1-8(2)9(3)6-7-10(4)11(12)13-5/h9-10H,1,6-7H2,2-5H3. The molecule has 0 saturated heterocycles. The Morgan fingerprint density at radius 3 is 2.15 bits per heavy atom. The third kappa shape index (κ3) is 4.71. The minimum absolute atomic E-state index is 0.00630. The highest BCUT2D eigenvalue weighted by Crippen LogP contribution is 2.18. The molecule has 0 aliphatic carbocycles. The van der Waals surface area contributed by atoms with Crippen molar-refractivity contribution in [3.8, 4) is 0 Å². The van der Waals surface area contributed by atoms with Crippen LogP contribution in [0.5, 0.6) is 0 Å². The summed E-state index contributed by atoms with van der Waals surface area (Å²) >= 11 is 0. The molecule has 0 radical (unpaired) electrons. The number of methoxy groups -OCH3 is 1. The molecule has 0 rings (SSSR count). The predicted molar refractivity (Wildman–Crippen MR) is 54.4 cm³/mol. The molecule has 0 saturated carbocycles. The molecule has 0 bridgehead atoms. The van der Waals surface area contributed by atoms with Gasteiger partial charge in [0.2, 0.25) is 0 Å². The number of allylic oxidation sites excluding steroid dienone is 1. The van der Waals surface area contributed by atoms with Gasteiger partial charge in [-0.3, -0.25) is 4.79 Å². The van der Waals surface area contributed by atoms with Crippen LogP contribution < -0.4 is 0 Å². The average Bonchev–Trinajstić information content (AvgIpc) is 2.11. The Morgan fingerprint density at radius 2 is 1.77 bits per heavy atom. The van der Waals surface area contributed by atoms with Crippen LogP contribution in [-0.2, 0) is 9.53 Å². The molecule has 0 fully saturated rings. The first-order valence-corrected chi connectivity index (χ1v) is 4.72. The zero-order valence-corrected chi connectivity index (χ0v) is 9.09. The molecule has 0 N–H and O–H groups in total. The smallest absolute Gasteiger partial charge is 0.308 e. The second kappa shape index (κ2) is 5.79. The van der Waals surface area contributed by atoms with Crippen molar-refractivity contribution in [2.75, 3.05) is 7.11 Å². The largest absolute Gasteiger partial charge is 0.469 e. The summed E-state index contributed by atoms with van der Waals surface area (Å²) in [5.41, 5.74) is 1.18. The molecular formula is C11H20O2. The van der Waals surface area contributed by atoms with Crippen LogP contribution in [0.15, 0.2) is 12.2 Å². The molecule has 2 nitrogen and oxygen atoms in total. The van der Waals surface area contributed by atoms with Gasteiger partial charge in [0, 0.05) is 0 Å². The molecule has 0 heterocycles. The fourth-order valence-corrected chi connectivity index (χ4v) is 1.07. The normalized spacial score (nSPS) is 14.8. The van der Waals surface area contributed by atoms with Crippen molar-refractivity contribution in [1.82, 2.24) is 0 Å². The van der Waals surface area contributed by atoms with Crippen molar-refractivity contribution in [2.24, 2.45) is 11.8 Å². The van der Waals surface area contributed by atoms with Gasteiger partial charge in [0.25, 0.3) is 0 Å². The van der Waals surface area contributed by atoms with Crippen LogP contribution in [0, 0.1) is 11.8 Å². The van der Waals surface area contributed by atoms with Crippen LogP contribution in [0.1, 0.15) is 33.6 Å². The molecule has 0 aliphatic rings. The summed E-state index contributed by atoms with van der Waals surface area (Å²) in [5, 5.41) is 0. The van der Waals surface area contributed by atoms with E-state index in [2.05, 4.69) is 18.2 Å².